The minimum atomic E-state index is -0.540. The summed E-state index contributed by atoms with van der Waals surface area (Å²) >= 11 is 0. The minimum Gasteiger partial charge on any atom is -0.464 e. The van der Waals surface area contributed by atoms with Gasteiger partial charge in [0.25, 0.3) is 0 Å². The monoisotopic (exact) mass is 227 g/mol. The summed E-state index contributed by atoms with van der Waals surface area (Å²) in [6.45, 7) is 2.63. The van der Waals surface area contributed by atoms with Crippen LogP contribution < -0.4 is 5.73 Å². The summed E-state index contributed by atoms with van der Waals surface area (Å²) in [4.78, 5) is 17.2. The van der Waals surface area contributed by atoms with Crippen molar-refractivity contribution < 1.29 is 14.3 Å². The van der Waals surface area contributed by atoms with Crippen molar-refractivity contribution in [2.24, 2.45) is 10.7 Å². The van der Waals surface area contributed by atoms with E-state index in [1.807, 2.05) is 4.90 Å². The molecule has 1 aliphatic heterocycles. The van der Waals surface area contributed by atoms with E-state index >= 15 is 0 Å². The molecule has 0 aliphatic carbocycles. The van der Waals surface area contributed by atoms with E-state index in [4.69, 9.17) is 10.5 Å². The number of allylic oxidation sites excluding steroid dienone is 1. The van der Waals surface area contributed by atoms with Gasteiger partial charge in [0.15, 0.2) is 0 Å². The summed E-state index contributed by atoms with van der Waals surface area (Å²) in [5.74, 6) is -0.540. The van der Waals surface area contributed by atoms with Gasteiger partial charge in [-0.3, -0.25) is 4.99 Å². The summed E-state index contributed by atoms with van der Waals surface area (Å²) < 4.78 is 9.82. The number of rotatable bonds is 3. The number of methoxy groups -OCH3 is 1. The summed E-state index contributed by atoms with van der Waals surface area (Å²) in [6, 6.07) is 0. The fraction of sp³-hybridized carbons (Fsp3) is 0.600. The Morgan fingerprint density at radius 1 is 1.50 bits per heavy atom. The first-order valence-electron chi connectivity index (χ1n) is 5.03. The van der Waals surface area contributed by atoms with Crippen molar-refractivity contribution in [1.82, 2.24) is 4.90 Å². The first kappa shape index (κ1) is 12.5. The molecule has 16 heavy (non-hydrogen) atoms. The minimum absolute atomic E-state index is 0.0787. The Balaban J connectivity index is 2.91. The number of nitrogens with zero attached hydrogens (tertiary/aromatic N) is 2. The molecule has 0 aromatic heterocycles. The van der Waals surface area contributed by atoms with Crippen LogP contribution in [0.5, 0.6) is 0 Å². The Hall–Kier alpha value is -1.56. The number of hydrogen-bond donors (Lipinski definition) is 1. The predicted molar refractivity (Wildman–Crippen MR) is 60.0 cm³/mol. The molecule has 1 aliphatic rings. The van der Waals surface area contributed by atoms with Crippen LogP contribution >= 0.6 is 0 Å². The van der Waals surface area contributed by atoms with E-state index in [0.717, 1.165) is 0 Å². The maximum atomic E-state index is 11.3. The van der Waals surface area contributed by atoms with Crippen LogP contribution in [0.3, 0.4) is 0 Å². The van der Waals surface area contributed by atoms with Gasteiger partial charge in [0.2, 0.25) is 0 Å². The lowest BCUT2D eigenvalue weighted by Gasteiger charge is -2.29. The maximum absolute atomic E-state index is 11.3. The fourth-order valence-electron chi connectivity index (χ4n) is 1.46. The van der Waals surface area contributed by atoms with Gasteiger partial charge in [-0.25, -0.2) is 4.79 Å². The summed E-state index contributed by atoms with van der Waals surface area (Å²) in [5.41, 5.74) is 6.39. The second-order valence-corrected chi connectivity index (χ2v) is 3.28. The lowest BCUT2D eigenvalue weighted by atomic mass is 10.2. The molecule has 0 aromatic rings. The van der Waals surface area contributed by atoms with Crippen LogP contribution in [0.15, 0.2) is 16.4 Å². The van der Waals surface area contributed by atoms with Crippen LogP contribution in [0, 0.1) is 0 Å². The topological polar surface area (TPSA) is 77.1 Å². The van der Waals surface area contributed by atoms with Crippen molar-refractivity contribution in [1.29, 1.82) is 0 Å². The van der Waals surface area contributed by atoms with Gasteiger partial charge in [-0.1, -0.05) is 0 Å². The predicted octanol–water partition coefficient (Wildman–Crippen LogP) is -0.637. The largest absolute Gasteiger partial charge is 0.464 e. The van der Waals surface area contributed by atoms with Crippen molar-refractivity contribution in [3.63, 3.8) is 0 Å². The molecule has 0 amide bonds. The molecule has 0 atom stereocenters. The third-order valence-corrected chi connectivity index (χ3v) is 2.28. The van der Waals surface area contributed by atoms with Crippen molar-refractivity contribution in [2.75, 3.05) is 40.5 Å². The van der Waals surface area contributed by atoms with Gasteiger partial charge in [0.05, 0.1) is 26.0 Å². The van der Waals surface area contributed by atoms with Gasteiger partial charge in [-0.15, -0.1) is 0 Å². The highest BCUT2D eigenvalue weighted by atomic mass is 16.5. The molecule has 6 heteroatoms. The third-order valence-electron chi connectivity index (χ3n) is 2.28. The van der Waals surface area contributed by atoms with Crippen molar-refractivity contribution in [2.45, 2.75) is 0 Å². The normalized spacial score (nSPS) is 18.5. The van der Waals surface area contributed by atoms with Crippen molar-refractivity contribution >= 4 is 12.2 Å². The first-order chi connectivity index (χ1) is 7.70. The smallest absolute Gasteiger partial charge is 0.356 e. The van der Waals surface area contributed by atoms with Crippen LogP contribution in [0.1, 0.15) is 0 Å². The molecular weight excluding hydrogens is 210 g/mol. The SMILES string of the molecule is CN=CC(=C(N)C(=O)OC)N1CCOCC1. The molecular formula is C10H17N3O3. The van der Waals surface area contributed by atoms with E-state index in [2.05, 4.69) is 9.73 Å². The number of hydrogen-bond acceptors (Lipinski definition) is 6. The number of carbonyl (C=O) groups is 1. The third kappa shape index (κ3) is 2.96. The highest BCUT2D eigenvalue weighted by molar-refractivity contribution is 5.95. The Labute approximate surface area is 94.7 Å². The molecule has 0 aromatic carbocycles. The van der Waals surface area contributed by atoms with Crippen LogP contribution in [-0.2, 0) is 14.3 Å². The molecule has 1 saturated heterocycles. The zero-order chi connectivity index (χ0) is 12.0. The molecule has 1 heterocycles. The number of esters is 1. The van der Waals surface area contributed by atoms with Gasteiger partial charge in [0, 0.05) is 26.4 Å². The number of ether oxygens (including phenoxy) is 2. The lowest BCUT2D eigenvalue weighted by Crippen LogP contribution is -2.38. The molecule has 0 unspecified atom stereocenters. The second-order valence-electron chi connectivity index (χ2n) is 3.28. The number of morpholine rings is 1. The Morgan fingerprint density at radius 2 is 2.12 bits per heavy atom. The van der Waals surface area contributed by atoms with E-state index in [-0.39, 0.29) is 5.70 Å². The van der Waals surface area contributed by atoms with Crippen molar-refractivity contribution in [3.05, 3.63) is 11.4 Å². The Kier molecular flexibility index (Phi) is 4.78. The van der Waals surface area contributed by atoms with Gasteiger partial charge in [0.1, 0.15) is 5.70 Å². The average Bonchev–Trinajstić information content (AvgIpc) is 2.35. The molecule has 0 radical (unpaired) electrons. The van der Waals surface area contributed by atoms with E-state index in [0.29, 0.717) is 32.0 Å². The zero-order valence-electron chi connectivity index (χ0n) is 9.60. The average molecular weight is 227 g/mol. The maximum Gasteiger partial charge on any atom is 0.356 e. The lowest BCUT2D eigenvalue weighted by molar-refractivity contribution is -0.136. The standard InChI is InChI=1S/C10H17N3O3/c1-12-7-8(9(11)10(14)15-2)13-3-5-16-6-4-13/h7H,3-6,11H2,1-2H3. The second kappa shape index (κ2) is 6.12. The van der Waals surface area contributed by atoms with E-state index in [1.54, 1.807) is 13.3 Å². The van der Waals surface area contributed by atoms with Crippen LogP contribution in [0.25, 0.3) is 0 Å². The molecule has 90 valence electrons. The molecule has 1 fully saturated rings. The van der Waals surface area contributed by atoms with Gasteiger partial charge < -0.3 is 20.1 Å². The highest BCUT2D eigenvalue weighted by Gasteiger charge is 2.19. The van der Waals surface area contributed by atoms with Gasteiger partial charge in [-0.2, -0.15) is 0 Å². The van der Waals surface area contributed by atoms with Crippen molar-refractivity contribution in [3.8, 4) is 0 Å². The number of carbonyl (C=O) groups excluding carboxylic acids is 1. The molecule has 0 saturated carbocycles. The molecule has 0 bridgehead atoms. The van der Waals surface area contributed by atoms with E-state index in [1.165, 1.54) is 7.11 Å². The molecule has 0 spiro atoms. The Morgan fingerprint density at radius 3 is 2.62 bits per heavy atom. The fourth-order valence-corrected chi connectivity index (χ4v) is 1.46. The van der Waals surface area contributed by atoms with Gasteiger partial charge >= 0.3 is 5.97 Å². The van der Waals surface area contributed by atoms with Gasteiger partial charge in [-0.05, 0) is 0 Å². The number of nitrogens with two attached hydrogens (primary N) is 1. The first-order valence-corrected chi connectivity index (χ1v) is 5.03. The van der Waals surface area contributed by atoms with E-state index in [9.17, 15) is 4.79 Å². The molecule has 1 rings (SSSR count). The molecule has 6 nitrogen and oxygen atoms in total. The van der Waals surface area contributed by atoms with E-state index < -0.39 is 5.97 Å². The van der Waals surface area contributed by atoms with Crippen LogP contribution in [0.2, 0.25) is 0 Å². The quantitative estimate of drug-likeness (QED) is 0.394. The molecule has 2 N–H and O–H groups in total. The summed E-state index contributed by atoms with van der Waals surface area (Å²) in [7, 11) is 2.93. The van der Waals surface area contributed by atoms with Crippen LogP contribution in [-0.4, -0.2) is 57.5 Å². The highest BCUT2D eigenvalue weighted by Crippen LogP contribution is 2.09. The summed E-state index contributed by atoms with van der Waals surface area (Å²) in [5, 5.41) is 0. The zero-order valence-corrected chi connectivity index (χ0v) is 9.60. The number of aliphatic imine (C=N–C) groups is 1. The summed E-state index contributed by atoms with van der Waals surface area (Å²) in [6.07, 6.45) is 1.57. The van der Waals surface area contributed by atoms with Crippen LogP contribution in [0.4, 0.5) is 0 Å². The Bertz CT molecular complexity index is 306.